The lowest BCUT2D eigenvalue weighted by molar-refractivity contribution is -0.133. The maximum atomic E-state index is 13.9. The van der Waals surface area contributed by atoms with Gasteiger partial charge in [0, 0.05) is 19.7 Å². The fourth-order valence-corrected chi connectivity index (χ4v) is 6.24. The molecule has 4 aromatic rings. The smallest absolute Gasteiger partial charge is 0.243 e. The topological polar surface area (TPSA) is 80.1 Å². The molecule has 198 valence electrons. The number of benzene rings is 3. The normalized spacial score (nSPS) is 15.8. The molecule has 8 heteroatoms. The third-order valence-electron chi connectivity index (χ3n) is 6.81. The highest BCUT2D eigenvalue weighted by Gasteiger charge is 2.32. The Hall–Kier alpha value is -3.46. The average Bonchev–Trinajstić information content (AvgIpc) is 3.59. The van der Waals surface area contributed by atoms with Gasteiger partial charge in [0.2, 0.25) is 15.9 Å². The Balaban J connectivity index is 1.44. The van der Waals surface area contributed by atoms with Crippen molar-refractivity contribution in [1.29, 1.82) is 0 Å². The van der Waals surface area contributed by atoms with Crippen LogP contribution in [0.25, 0.3) is 10.8 Å². The fraction of sp³-hybridized carbons (Fsp3) is 0.300. The Morgan fingerprint density at radius 1 is 0.921 bits per heavy atom. The van der Waals surface area contributed by atoms with E-state index in [0.717, 1.165) is 34.9 Å². The number of ether oxygens (including phenoxy) is 1. The zero-order valence-electron chi connectivity index (χ0n) is 21.5. The third-order valence-corrected chi connectivity index (χ3v) is 8.62. The Morgan fingerprint density at radius 3 is 2.39 bits per heavy atom. The fourth-order valence-electron chi connectivity index (χ4n) is 4.79. The molecular formula is C30H32N2O5S. The van der Waals surface area contributed by atoms with Crippen LogP contribution in [0.1, 0.15) is 29.9 Å². The number of carbonyl (C=O) groups is 1. The van der Waals surface area contributed by atoms with Crippen LogP contribution in [-0.2, 0) is 32.6 Å². The van der Waals surface area contributed by atoms with E-state index in [1.807, 2.05) is 73.7 Å². The molecule has 1 amide bonds. The summed E-state index contributed by atoms with van der Waals surface area (Å²) in [6, 6.07) is 26.1. The number of nitrogens with zero attached hydrogens (tertiary/aromatic N) is 2. The zero-order valence-corrected chi connectivity index (χ0v) is 22.3. The number of aryl methyl sites for hydroxylation is 1. The second-order valence-corrected chi connectivity index (χ2v) is 11.6. The van der Waals surface area contributed by atoms with E-state index in [1.54, 1.807) is 23.1 Å². The molecule has 1 fully saturated rings. The first-order chi connectivity index (χ1) is 18.4. The van der Waals surface area contributed by atoms with Crippen LogP contribution in [0.15, 0.2) is 94.2 Å². The van der Waals surface area contributed by atoms with Crippen LogP contribution in [0.5, 0.6) is 0 Å². The monoisotopic (exact) mass is 532 g/mol. The number of hydrogen-bond donors (Lipinski definition) is 0. The second-order valence-electron chi connectivity index (χ2n) is 9.69. The number of carbonyl (C=O) groups excluding carboxylic acids is 1. The van der Waals surface area contributed by atoms with Gasteiger partial charge in [-0.2, -0.15) is 4.31 Å². The molecule has 5 rings (SSSR count). The quantitative estimate of drug-likeness (QED) is 0.283. The summed E-state index contributed by atoms with van der Waals surface area (Å²) in [5.41, 5.74) is 0.951. The molecule has 1 aliphatic heterocycles. The maximum Gasteiger partial charge on any atom is 0.243 e. The van der Waals surface area contributed by atoms with Crippen LogP contribution >= 0.6 is 0 Å². The molecule has 0 bridgehead atoms. The van der Waals surface area contributed by atoms with Gasteiger partial charge in [-0.25, -0.2) is 8.42 Å². The lowest BCUT2D eigenvalue weighted by atomic mass is 10.1. The number of amides is 1. The van der Waals surface area contributed by atoms with Crippen LogP contribution in [0.4, 0.5) is 0 Å². The highest BCUT2D eigenvalue weighted by Crippen LogP contribution is 2.24. The minimum atomic E-state index is -3.97. The van der Waals surface area contributed by atoms with Crippen molar-refractivity contribution < 1.29 is 22.4 Å². The summed E-state index contributed by atoms with van der Waals surface area (Å²) in [4.78, 5) is 15.6. The molecule has 1 aliphatic rings. The molecular weight excluding hydrogens is 500 g/mol. The van der Waals surface area contributed by atoms with Crippen LogP contribution < -0.4 is 0 Å². The zero-order chi connectivity index (χ0) is 26.5. The highest BCUT2D eigenvalue weighted by atomic mass is 32.2. The molecule has 1 atom stereocenters. The van der Waals surface area contributed by atoms with E-state index in [-0.39, 0.29) is 36.5 Å². The van der Waals surface area contributed by atoms with Gasteiger partial charge < -0.3 is 14.1 Å². The number of rotatable bonds is 10. The largest absolute Gasteiger partial charge is 0.464 e. The lowest BCUT2D eigenvalue weighted by Crippen LogP contribution is -2.45. The first kappa shape index (κ1) is 26.2. The van der Waals surface area contributed by atoms with E-state index in [2.05, 4.69) is 0 Å². The Kier molecular flexibility index (Phi) is 7.93. The number of furan rings is 1. The first-order valence-corrected chi connectivity index (χ1v) is 14.3. The van der Waals surface area contributed by atoms with Gasteiger partial charge in [0.25, 0.3) is 0 Å². The number of hydrogen-bond acceptors (Lipinski definition) is 5. The minimum absolute atomic E-state index is 0.125. The Bertz CT molecular complexity index is 1490. The van der Waals surface area contributed by atoms with Gasteiger partial charge in [-0.1, -0.05) is 60.7 Å². The molecule has 0 aliphatic carbocycles. The summed E-state index contributed by atoms with van der Waals surface area (Å²) >= 11 is 0. The first-order valence-electron chi connectivity index (χ1n) is 12.9. The van der Waals surface area contributed by atoms with Crippen molar-refractivity contribution >= 4 is 26.7 Å². The minimum Gasteiger partial charge on any atom is -0.464 e. The molecule has 38 heavy (non-hydrogen) atoms. The van der Waals surface area contributed by atoms with Crippen molar-refractivity contribution in [2.24, 2.45) is 0 Å². The van der Waals surface area contributed by atoms with Gasteiger partial charge in [-0.3, -0.25) is 4.79 Å². The van der Waals surface area contributed by atoms with E-state index in [1.165, 1.54) is 4.31 Å². The van der Waals surface area contributed by atoms with Gasteiger partial charge in [-0.05, 0) is 60.4 Å². The Labute approximate surface area is 223 Å². The predicted octanol–water partition coefficient (Wildman–Crippen LogP) is 5.14. The Morgan fingerprint density at radius 2 is 1.68 bits per heavy atom. The number of fused-ring (bicyclic) bond motifs is 1. The highest BCUT2D eigenvalue weighted by molar-refractivity contribution is 7.89. The summed E-state index contributed by atoms with van der Waals surface area (Å²) in [5, 5.41) is 1.78. The number of sulfonamides is 1. The summed E-state index contributed by atoms with van der Waals surface area (Å²) in [6.07, 6.45) is 1.39. The SMILES string of the molecule is Cc1ccc(CN(Cc2ccccc2)C(=O)CN(CC2CCCO2)S(=O)(=O)c2ccc3ccccc3c2)o1. The van der Waals surface area contributed by atoms with Crippen LogP contribution in [-0.4, -0.2) is 49.3 Å². The van der Waals surface area contributed by atoms with E-state index < -0.39 is 10.0 Å². The van der Waals surface area contributed by atoms with Crippen molar-refractivity contribution in [3.05, 3.63) is 102 Å². The van der Waals surface area contributed by atoms with Gasteiger partial charge in [0.05, 0.1) is 24.1 Å². The van der Waals surface area contributed by atoms with Crippen LogP contribution in [0.3, 0.4) is 0 Å². The van der Waals surface area contributed by atoms with Gasteiger partial charge in [0.15, 0.2) is 0 Å². The summed E-state index contributed by atoms with van der Waals surface area (Å²) in [7, 11) is -3.97. The van der Waals surface area contributed by atoms with Crippen molar-refractivity contribution in [2.45, 2.75) is 43.9 Å². The molecule has 1 saturated heterocycles. The van der Waals surface area contributed by atoms with Crippen molar-refractivity contribution in [3.8, 4) is 0 Å². The molecule has 0 saturated carbocycles. The lowest BCUT2D eigenvalue weighted by Gasteiger charge is -2.28. The van der Waals surface area contributed by atoms with E-state index in [9.17, 15) is 13.2 Å². The second kappa shape index (κ2) is 11.5. The van der Waals surface area contributed by atoms with E-state index in [0.29, 0.717) is 18.9 Å². The summed E-state index contributed by atoms with van der Waals surface area (Å²) < 4.78 is 40.6. The molecule has 0 spiro atoms. The van der Waals surface area contributed by atoms with Crippen molar-refractivity contribution in [2.75, 3.05) is 19.7 Å². The summed E-state index contributed by atoms with van der Waals surface area (Å²) in [6.45, 7) is 2.86. The predicted molar refractivity (Wildman–Crippen MR) is 146 cm³/mol. The van der Waals surface area contributed by atoms with Crippen molar-refractivity contribution in [3.63, 3.8) is 0 Å². The van der Waals surface area contributed by atoms with E-state index in [4.69, 9.17) is 9.15 Å². The molecule has 0 radical (unpaired) electrons. The molecule has 7 nitrogen and oxygen atoms in total. The maximum absolute atomic E-state index is 13.9. The van der Waals surface area contributed by atoms with E-state index >= 15 is 0 Å². The van der Waals surface area contributed by atoms with Crippen LogP contribution in [0, 0.1) is 6.92 Å². The van der Waals surface area contributed by atoms with Crippen LogP contribution in [0.2, 0.25) is 0 Å². The van der Waals surface area contributed by atoms with Gasteiger partial charge in [-0.15, -0.1) is 0 Å². The standard InChI is InChI=1S/C30H32N2O5S/c1-23-13-15-28(37-23)20-31(19-24-8-3-2-4-9-24)30(33)22-32(21-27-12-7-17-36-27)38(34,35)29-16-14-25-10-5-6-11-26(25)18-29/h2-6,8-11,13-16,18,27H,7,12,17,19-22H2,1H3. The molecule has 1 unspecified atom stereocenters. The molecule has 2 heterocycles. The molecule has 3 aromatic carbocycles. The molecule has 1 aromatic heterocycles. The third kappa shape index (κ3) is 6.15. The molecule has 0 N–H and O–H groups in total. The van der Waals surface area contributed by atoms with Gasteiger partial charge >= 0.3 is 0 Å². The average molecular weight is 533 g/mol. The summed E-state index contributed by atoms with van der Waals surface area (Å²) in [5.74, 6) is 1.10. The van der Waals surface area contributed by atoms with Crippen molar-refractivity contribution in [1.82, 2.24) is 9.21 Å². The van der Waals surface area contributed by atoms with Gasteiger partial charge in [0.1, 0.15) is 11.5 Å².